The Morgan fingerprint density at radius 2 is 1.73 bits per heavy atom. The number of carbonyl (C=O) groups excluding carboxylic acids is 1. The van der Waals surface area contributed by atoms with Gasteiger partial charge >= 0.3 is 5.97 Å². The molecule has 1 amide bonds. The van der Waals surface area contributed by atoms with Gasteiger partial charge in [0.15, 0.2) is 0 Å². The van der Waals surface area contributed by atoms with Crippen molar-refractivity contribution in [2.45, 2.75) is 13.0 Å². The predicted octanol–water partition coefficient (Wildman–Crippen LogP) is 3.86. The van der Waals surface area contributed by atoms with Crippen molar-refractivity contribution >= 4 is 35.1 Å². The SMILES string of the molecule is C[C@H](NC(=O)c1ccc(Cl)c(-c2ccc(Cl)cc2)c1)C(=O)O. The van der Waals surface area contributed by atoms with E-state index >= 15 is 0 Å². The van der Waals surface area contributed by atoms with Crippen LogP contribution in [-0.4, -0.2) is 23.0 Å². The number of halogens is 2. The zero-order valence-corrected chi connectivity index (χ0v) is 13.2. The normalized spacial score (nSPS) is 11.8. The summed E-state index contributed by atoms with van der Waals surface area (Å²) in [5.74, 6) is -1.57. The molecule has 114 valence electrons. The predicted molar refractivity (Wildman–Crippen MR) is 86.5 cm³/mol. The summed E-state index contributed by atoms with van der Waals surface area (Å²) in [7, 11) is 0. The topological polar surface area (TPSA) is 66.4 Å². The van der Waals surface area contributed by atoms with E-state index in [1.165, 1.54) is 6.92 Å². The summed E-state index contributed by atoms with van der Waals surface area (Å²) in [6.07, 6.45) is 0. The number of hydrogen-bond acceptors (Lipinski definition) is 2. The Morgan fingerprint density at radius 1 is 1.09 bits per heavy atom. The Bertz CT molecular complexity index is 714. The van der Waals surface area contributed by atoms with E-state index in [0.29, 0.717) is 21.2 Å². The van der Waals surface area contributed by atoms with Gasteiger partial charge in [0, 0.05) is 21.2 Å². The van der Waals surface area contributed by atoms with Crippen LogP contribution in [0.3, 0.4) is 0 Å². The van der Waals surface area contributed by atoms with Crippen molar-refractivity contribution in [3.8, 4) is 11.1 Å². The van der Waals surface area contributed by atoms with Gasteiger partial charge in [0.2, 0.25) is 0 Å². The number of hydrogen-bond donors (Lipinski definition) is 2. The number of carboxylic acids is 1. The highest BCUT2D eigenvalue weighted by Crippen LogP contribution is 2.29. The van der Waals surface area contributed by atoms with Gasteiger partial charge in [0.05, 0.1) is 0 Å². The lowest BCUT2D eigenvalue weighted by Crippen LogP contribution is -2.38. The molecule has 1 atom stereocenters. The summed E-state index contributed by atoms with van der Waals surface area (Å²) in [5.41, 5.74) is 1.83. The number of aliphatic carboxylic acids is 1. The Kier molecular flexibility index (Phi) is 5.06. The molecule has 0 heterocycles. The standard InChI is InChI=1S/C16H13Cl2NO3/c1-9(16(21)22)19-15(20)11-4-7-14(18)13(8-11)10-2-5-12(17)6-3-10/h2-9H,1H3,(H,19,20)(H,21,22)/t9-/m0/s1. The minimum Gasteiger partial charge on any atom is -0.480 e. The van der Waals surface area contributed by atoms with Crippen LogP contribution >= 0.6 is 23.2 Å². The van der Waals surface area contributed by atoms with Crippen LogP contribution in [0.2, 0.25) is 10.0 Å². The molecule has 2 rings (SSSR count). The first kappa shape index (κ1) is 16.3. The van der Waals surface area contributed by atoms with Crippen molar-refractivity contribution in [1.29, 1.82) is 0 Å². The minimum absolute atomic E-state index is 0.336. The van der Waals surface area contributed by atoms with Gasteiger partial charge < -0.3 is 10.4 Å². The van der Waals surface area contributed by atoms with E-state index in [0.717, 1.165) is 5.56 Å². The van der Waals surface area contributed by atoms with Crippen molar-refractivity contribution in [2.75, 3.05) is 0 Å². The molecule has 0 saturated heterocycles. The quantitative estimate of drug-likeness (QED) is 0.889. The zero-order valence-electron chi connectivity index (χ0n) is 11.6. The smallest absolute Gasteiger partial charge is 0.325 e. The summed E-state index contributed by atoms with van der Waals surface area (Å²) in [6, 6.07) is 10.9. The van der Waals surface area contributed by atoms with Gasteiger partial charge in [-0.3, -0.25) is 9.59 Å². The van der Waals surface area contributed by atoms with Crippen LogP contribution in [0.25, 0.3) is 11.1 Å². The number of rotatable bonds is 4. The fourth-order valence-corrected chi connectivity index (χ4v) is 2.21. The highest BCUT2D eigenvalue weighted by molar-refractivity contribution is 6.33. The summed E-state index contributed by atoms with van der Waals surface area (Å²) in [6.45, 7) is 1.40. The van der Waals surface area contributed by atoms with Gasteiger partial charge in [-0.2, -0.15) is 0 Å². The van der Waals surface area contributed by atoms with Crippen LogP contribution in [0, 0.1) is 0 Å². The molecular weight excluding hydrogens is 325 g/mol. The fraction of sp³-hybridized carbons (Fsp3) is 0.125. The molecule has 0 aromatic heterocycles. The van der Waals surface area contributed by atoms with Gasteiger partial charge in [0.25, 0.3) is 5.91 Å². The maximum absolute atomic E-state index is 12.1. The molecule has 22 heavy (non-hydrogen) atoms. The molecule has 0 aliphatic heterocycles. The minimum atomic E-state index is -1.10. The molecular formula is C16H13Cl2NO3. The number of carbonyl (C=O) groups is 2. The summed E-state index contributed by atoms with van der Waals surface area (Å²) < 4.78 is 0. The van der Waals surface area contributed by atoms with Crippen molar-refractivity contribution < 1.29 is 14.7 Å². The molecule has 2 N–H and O–H groups in total. The van der Waals surface area contributed by atoms with Crippen LogP contribution < -0.4 is 5.32 Å². The molecule has 2 aromatic rings. The molecule has 0 aliphatic carbocycles. The summed E-state index contributed by atoms with van der Waals surface area (Å²) in [5, 5.41) is 12.3. The fourth-order valence-electron chi connectivity index (χ4n) is 1.86. The van der Waals surface area contributed by atoms with Crippen LogP contribution in [0.15, 0.2) is 42.5 Å². The largest absolute Gasteiger partial charge is 0.480 e. The van der Waals surface area contributed by atoms with E-state index in [1.807, 2.05) is 0 Å². The average Bonchev–Trinajstić information content (AvgIpc) is 2.48. The maximum atomic E-state index is 12.1. The molecule has 0 aliphatic rings. The van der Waals surface area contributed by atoms with E-state index in [-0.39, 0.29) is 0 Å². The van der Waals surface area contributed by atoms with Crippen molar-refractivity contribution in [3.05, 3.63) is 58.1 Å². The number of carboxylic acid groups (broad SMARTS) is 1. The highest BCUT2D eigenvalue weighted by atomic mass is 35.5. The Balaban J connectivity index is 2.32. The van der Waals surface area contributed by atoms with Gasteiger partial charge in [0.1, 0.15) is 6.04 Å². The van der Waals surface area contributed by atoms with Crippen LogP contribution in [0.1, 0.15) is 17.3 Å². The van der Waals surface area contributed by atoms with Crippen molar-refractivity contribution in [1.82, 2.24) is 5.32 Å². The molecule has 0 spiro atoms. The molecule has 0 saturated carbocycles. The third-order valence-electron chi connectivity index (χ3n) is 3.10. The van der Waals surface area contributed by atoms with Crippen LogP contribution in [0.4, 0.5) is 0 Å². The van der Waals surface area contributed by atoms with Crippen molar-refractivity contribution in [2.24, 2.45) is 0 Å². The second-order valence-electron chi connectivity index (χ2n) is 4.73. The summed E-state index contributed by atoms with van der Waals surface area (Å²) in [4.78, 5) is 22.9. The van der Waals surface area contributed by atoms with Gasteiger partial charge in [-0.05, 0) is 42.8 Å². The zero-order chi connectivity index (χ0) is 16.3. The van der Waals surface area contributed by atoms with Crippen molar-refractivity contribution in [3.63, 3.8) is 0 Å². The molecule has 4 nitrogen and oxygen atoms in total. The second-order valence-corrected chi connectivity index (χ2v) is 5.58. The first-order chi connectivity index (χ1) is 10.4. The Morgan fingerprint density at radius 3 is 2.32 bits per heavy atom. The van der Waals surface area contributed by atoms with E-state index < -0.39 is 17.9 Å². The lowest BCUT2D eigenvalue weighted by molar-refractivity contribution is -0.138. The van der Waals surface area contributed by atoms with Gasteiger partial charge in [-0.15, -0.1) is 0 Å². The second kappa shape index (κ2) is 6.81. The van der Waals surface area contributed by atoms with Gasteiger partial charge in [-0.25, -0.2) is 0 Å². The maximum Gasteiger partial charge on any atom is 0.325 e. The van der Waals surface area contributed by atoms with E-state index in [2.05, 4.69) is 5.32 Å². The van der Waals surface area contributed by atoms with E-state index in [4.69, 9.17) is 28.3 Å². The summed E-state index contributed by atoms with van der Waals surface area (Å²) >= 11 is 12.0. The number of benzene rings is 2. The molecule has 0 radical (unpaired) electrons. The van der Waals surface area contributed by atoms with E-state index in [1.54, 1.807) is 42.5 Å². The monoisotopic (exact) mass is 337 g/mol. The lowest BCUT2D eigenvalue weighted by atomic mass is 10.0. The lowest BCUT2D eigenvalue weighted by Gasteiger charge is -2.11. The highest BCUT2D eigenvalue weighted by Gasteiger charge is 2.16. The molecule has 2 aromatic carbocycles. The molecule has 6 heteroatoms. The third kappa shape index (κ3) is 3.78. The van der Waals surface area contributed by atoms with Crippen LogP contribution in [0.5, 0.6) is 0 Å². The van der Waals surface area contributed by atoms with Crippen LogP contribution in [-0.2, 0) is 4.79 Å². The van der Waals surface area contributed by atoms with E-state index in [9.17, 15) is 9.59 Å². The first-order valence-electron chi connectivity index (χ1n) is 6.47. The first-order valence-corrected chi connectivity index (χ1v) is 7.23. The Labute approximate surface area is 137 Å². The molecule has 0 bridgehead atoms. The van der Waals surface area contributed by atoms with Gasteiger partial charge in [-0.1, -0.05) is 35.3 Å². The number of nitrogens with one attached hydrogen (secondary N) is 1. The number of amides is 1. The average molecular weight is 338 g/mol. The Hall–Kier alpha value is -2.04. The third-order valence-corrected chi connectivity index (χ3v) is 3.68. The molecule has 0 unspecified atom stereocenters. The molecule has 0 fully saturated rings.